The second-order valence-corrected chi connectivity index (χ2v) is 8.38. The molecule has 1 heterocycles. The van der Waals surface area contributed by atoms with Gasteiger partial charge in [-0.3, -0.25) is 14.4 Å². The van der Waals surface area contributed by atoms with Gasteiger partial charge in [-0.05, 0) is 85.6 Å². The van der Waals surface area contributed by atoms with Crippen LogP contribution < -0.4 is 15.5 Å². The highest BCUT2D eigenvalue weighted by atomic mass is 35.5. The maximum Gasteiger partial charge on any atom is 0.283 e. The molecular weight excluding hydrogens is 461 g/mol. The summed E-state index contributed by atoms with van der Waals surface area (Å²) in [5.41, 5.74) is 4.21. The lowest BCUT2D eigenvalue weighted by Crippen LogP contribution is -2.32. The van der Waals surface area contributed by atoms with Gasteiger partial charge in [0, 0.05) is 22.0 Å². The maximum absolute atomic E-state index is 12.8. The van der Waals surface area contributed by atoms with Crippen molar-refractivity contribution in [3.8, 4) is 0 Å². The van der Waals surface area contributed by atoms with Crippen LogP contribution in [0.3, 0.4) is 0 Å². The second-order valence-electron chi connectivity index (χ2n) is 7.57. The first kappa shape index (κ1) is 22.6. The molecule has 0 saturated carbocycles. The van der Waals surface area contributed by atoms with Crippen molar-refractivity contribution in [2.24, 2.45) is 0 Å². The Hall–Kier alpha value is -3.61. The fraction of sp³-hybridized carbons (Fsp3) is 0.0800. The molecule has 0 radical (unpaired) electrons. The molecular formula is C25H19Cl2N3O3. The number of amides is 3. The summed E-state index contributed by atoms with van der Waals surface area (Å²) in [4.78, 5) is 38.9. The number of nitrogens with zero attached hydrogens (tertiary/aromatic N) is 1. The van der Waals surface area contributed by atoms with E-state index < -0.39 is 11.8 Å². The highest BCUT2D eigenvalue weighted by molar-refractivity contribution is 6.53. The van der Waals surface area contributed by atoms with E-state index in [0.29, 0.717) is 27.6 Å². The van der Waals surface area contributed by atoms with Gasteiger partial charge in [0.25, 0.3) is 17.7 Å². The lowest BCUT2D eigenvalue weighted by atomic mass is 10.1. The average molecular weight is 480 g/mol. The number of carbonyl (C=O) groups excluding carboxylic acids is 3. The van der Waals surface area contributed by atoms with Crippen molar-refractivity contribution < 1.29 is 14.4 Å². The van der Waals surface area contributed by atoms with E-state index in [-0.39, 0.29) is 16.6 Å². The van der Waals surface area contributed by atoms with Crippen molar-refractivity contribution >= 4 is 58.0 Å². The predicted molar refractivity (Wildman–Crippen MR) is 131 cm³/mol. The van der Waals surface area contributed by atoms with E-state index in [1.807, 2.05) is 32.0 Å². The number of rotatable bonds is 5. The molecule has 0 bridgehead atoms. The monoisotopic (exact) mass is 479 g/mol. The second kappa shape index (κ2) is 9.10. The summed E-state index contributed by atoms with van der Waals surface area (Å²) in [6.07, 6.45) is 0. The van der Waals surface area contributed by atoms with Gasteiger partial charge in [0.15, 0.2) is 0 Å². The van der Waals surface area contributed by atoms with Crippen LogP contribution in [0.25, 0.3) is 0 Å². The largest absolute Gasteiger partial charge is 0.350 e. The van der Waals surface area contributed by atoms with Crippen LogP contribution in [0.1, 0.15) is 21.5 Å². The highest BCUT2D eigenvalue weighted by Gasteiger charge is 2.38. The third kappa shape index (κ3) is 4.62. The van der Waals surface area contributed by atoms with Gasteiger partial charge in [-0.1, -0.05) is 29.3 Å². The molecule has 6 nitrogen and oxygen atoms in total. The molecule has 0 unspecified atom stereocenters. The molecule has 0 atom stereocenters. The van der Waals surface area contributed by atoms with Gasteiger partial charge >= 0.3 is 0 Å². The Kier molecular flexibility index (Phi) is 6.22. The molecule has 2 N–H and O–H groups in total. The molecule has 3 amide bonds. The molecule has 3 aromatic rings. The van der Waals surface area contributed by atoms with Crippen LogP contribution >= 0.6 is 23.2 Å². The number of imide groups is 1. The topological polar surface area (TPSA) is 78.5 Å². The molecule has 33 heavy (non-hydrogen) atoms. The standard InChI is InChI=1S/C25H19Cl2N3O3/c1-14-3-8-19(13-15(14)2)29-23(31)16-4-9-18(10-5-16)28-22-21(27)24(32)30(25(22)33)20-11-6-17(26)7-12-20/h3-13,28H,1-2H3,(H,29,31). The van der Waals surface area contributed by atoms with Gasteiger partial charge in [-0.15, -0.1) is 0 Å². The van der Waals surface area contributed by atoms with E-state index in [1.165, 1.54) is 0 Å². The quantitative estimate of drug-likeness (QED) is 0.463. The third-order valence-electron chi connectivity index (χ3n) is 5.29. The van der Waals surface area contributed by atoms with Crippen LogP contribution in [-0.2, 0) is 9.59 Å². The Bertz CT molecular complexity index is 1300. The van der Waals surface area contributed by atoms with Crippen LogP contribution in [0, 0.1) is 13.8 Å². The first-order chi connectivity index (χ1) is 15.7. The molecule has 0 saturated heterocycles. The summed E-state index contributed by atoms with van der Waals surface area (Å²) in [5, 5.41) is 6.02. The normalized spacial score (nSPS) is 13.5. The van der Waals surface area contributed by atoms with Gasteiger partial charge in [-0.2, -0.15) is 0 Å². The molecule has 1 aliphatic heterocycles. The summed E-state index contributed by atoms with van der Waals surface area (Å²) >= 11 is 12.0. The van der Waals surface area contributed by atoms with Gasteiger partial charge in [0.2, 0.25) is 0 Å². The zero-order chi connectivity index (χ0) is 23.7. The minimum atomic E-state index is -0.629. The number of hydrogen-bond donors (Lipinski definition) is 2. The summed E-state index contributed by atoms with van der Waals surface area (Å²) in [6, 6.07) is 18.5. The number of hydrogen-bond acceptors (Lipinski definition) is 4. The van der Waals surface area contributed by atoms with Crippen LogP contribution in [-0.4, -0.2) is 17.7 Å². The Morgan fingerprint density at radius 1 is 0.788 bits per heavy atom. The maximum atomic E-state index is 12.8. The van der Waals surface area contributed by atoms with E-state index in [4.69, 9.17) is 23.2 Å². The number of carbonyl (C=O) groups is 3. The zero-order valence-corrected chi connectivity index (χ0v) is 19.3. The zero-order valence-electron chi connectivity index (χ0n) is 17.8. The van der Waals surface area contributed by atoms with E-state index in [2.05, 4.69) is 10.6 Å². The van der Waals surface area contributed by atoms with E-state index in [0.717, 1.165) is 16.0 Å². The van der Waals surface area contributed by atoms with Crippen molar-refractivity contribution in [2.45, 2.75) is 13.8 Å². The molecule has 1 aliphatic rings. The van der Waals surface area contributed by atoms with Crippen molar-refractivity contribution in [1.82, 2.24) is 0 Å². The molecule has 166 valence electrons. The van der Waals surface area contributed by atoms with Gasteiger partial charge in [0.05, 0.1) is 5.69 Å². The number of aryl methyl sites for hydroxylation is 2. The lowest BCUT2D eigenvalue weighted by Gasteiger charge is -2.15. The van der Waals surface area contributed by atoms with E-state index in [1.54, 1.807) is 48.5 Å². The molecule has 3 aromatic carbocycles. The van der Waals surface area contributed by atoms with Crippen molar-refractivity contribution in [2.75, 3.05) is 15.5 Å². The SMILES string of the molecule is Cc1ccc(NC(=O)c2ccc(NC3=C(Cl)C(=O)N(c4ccc(Cl)cc4)C3=O)cc2)cc1C. The smallest absolute Gasteiger partial charge is 0.283 e. The molecule has 4 rings (SSSR count). The molecule has 0 aliphatic carbocycles. The lowest BCUT2D eigenvalue weighted by molar-refractivity contribution is -0.120. The summed E-state index contributed by atoms with van der Waals surface area (Å²) in [5.74, 6) is -1.47. The van der Waals surface area contributed by atoms with E-state index >= 15 is 0 Å². The van der Waals surface area contributed by atoms with Crippen molar-refractivity contribution in [3.05, 3.63) is 99.2 Å². The predicted octanol–water partition coefficient (Wildman–Crippen LogP) is 5.64. The third-order valence-corrected chi connectivity index (χ3v) is 5.90. The Labute approximate surface area is 200 Å². The van der Waals surface area contributed by atoms with Crippen LogP contribution in [0.15, 0.2) is 77.5 Å². The highest BCUT2D eigenvalue weighted by Crippen LogP contribution is 2.30. The Morgan fingerprint density at radius 3 is 2.06 bits per heavy atom. The van der Waals surface area contributed by atoms with Crippen LogP contribution in [0.4, 0.5) is 17.1 Å². The van der Waals surface area contributed by atoms with Crippen LogP contribution in [0.2, 0.25) is 5.02 Å². The van der Waals surface area contributed by atoms with Crippen molar-refractivity contribution in [1.29, 1.82) is 0 Å². The number of nitrogens with one attached hydrogen (secondary N) is 2. The van der Waals surface area contributed by atoms with Gasteiger partial charge in [-0.25, -0.2) is 4.90 Å². The molecule has 0 spiro atoms. The number of anilines is 3. The first-order valence-corrected chi connectivity index (χ1v) is 10.8. The number of halogens is 2. The van der Waals surface area contributed by atoms with Gasteiger partial charge < -0.3 is 10.6 Å². The van der Waals surface area contributed by atoms with E-state index in [9.17, 15) is 14.4 Å². The Morgan fingerprint density at radius 2 is 1.42 bits per heavy atom. The average Bonchev–Trinajstić information content (AvgIpc) is 3.00. The van der Waals surface area contributed by atoms with Crippen molar-refractivity contribution in [3.63, 3.8) is 0 Å². The summed E-state index contributed by atoms with van der Waals surface area (Å²) < 4.78 is 0. The Balaban J connectivity index is 1.47. The van der Waals surface area contributed by atoms with Gasteiger partial charge in [0.1, 0.15) is 10.7 Å². The fourth-order valence-electron chi connectivity index (χ4n) is 3.31. The summed E-state index contributed by atoms with van der Waals surface area (Å²) in [6.45, 7) is 3.99. The first-order valence-electron chi connectivity index (χ1n) is 10.0. The summed E-state index contributed by atoms with van der Waals surface area (Å²) in [7, 11) is 0. The molecule has 0 aromatic heterocycles. The fourth-order valence-corrected chi connectivity index (χ4v) is 3.65. The minimum absolute atomic E-state index is 0.0380. The molecule has 8 heteroatoms. The number of benzene rings is 3. The minimum Gasteiger partial charge on any atom is -0.350 e. The van der Waals surface area contributed by atoms with Crippen LogP contribution in [0.5, 0.6) is 0 Å². The molecule has 0 fully saturated rings.